The van der Waals surface area contributed by atoms with Crippen LogP contribution in [-0.4, -0.2) is 0 Å². The van der Waals surface area contributed by atoms with Crippen LogP contribution in [0.1, 0.15) is 31.4 Å². The molecule has 0 bridgehead atoms. The van der Waals surface area contributed by atoms with Crippen LogP contribution >= 0.6 is 0 Å². The van der Waals surface area contributed by atoms with Crippen LogP contribution in [0.2, 0.25) is 0 Å². The molecule has 1 nitrogen and oxygen atoms in total. The predicted octanol–water partition coefficient (Wildman–Crippen LogP) is 5.62. The van der Waals surface area contributed by atoms with E-state index in [9.17, 15) is 0 Å². The maximum Gasteiger partial charge on any atom is 0.138 e. The molecular weight excluding hydrogens is 220 g/mol. The van der Waals surface area contributed by atoms with Crippen molar-refractivity contribution in [2.45, 2.75) is 34.1 Å². The maximum absolute atomic E-state index is 5.86. The summed E-state index contributed by atoms with van der Waals surface area (Å²) >= 11 is 0. The number of furan rings is 1. The maximum atomic E-state index is 5.86. The van der Waals surface area contributed by atoms with Gasteiger partial charge in [0.15, 0.2) is 0 Å². The van der Waals surface area contributed by atoms with Gasteiger partial charge in [0.05, 0.1) is 0 Å². The molecule has 3 aromatic rings. The van der Waals surface area contributed by atoms with Crippen molar-refractivity contribution in [3.63, 3.8) is 0 Å². The van der Waals surface area contributed by atoms with Gasteiger partial charge in [0.25, 0.3) is 0 Å². The van der Waals surface area contributed by atoms with Crippen molar-refractivity contribution in [2.75, 3.05) is 0 Å². The van der Waals surface area contributed by atoms with E-state index in [1.807, 2.05) is 12.1 Å². The van der Waals surface area contributed by atoms with Gasteiger partial charge in [0.2, 0.25) is 0 Å². The number of rotatable bonds is 0. The van der Waals surface area contributed by atoms with Crippen molar-refractivity contribution in [1.82, 2.24) is 0 Å². The van der Waals surface area contributed by atoms with Gasteiger partial charge in [-0.1, -0.05) is 50.6 Å². The molecule has 0 aliphatic carbocycles. The van der Waals surface area contributed by atoms with Crippen molar-refractivity contribution in [3.8, 4) is 0 Å². The largest absolute Gasteiger partial charge is 0.456 e. The average Bonchev–Trinajstić information content (AvgIpc) is 2.71. The lowest BCUT2D eigenvalue weighted by Gasteiger charge is -1.94. The molecule has 0 spiro atoms. The van der Waals surface area contributed by atoms with Crippen LogP contribution in [0.3, 0.4) is 0 Å². The molecule has 0 fully saturated rings. The lowest BCUT2D eigenvalue weighted by atomic mass is 10.1. The first-order valence-corrected chi connectivity index (χ1v) is 6.56. The molecule has 1 heterocycles. The average molecular weight is 240 g/mol. The number of para-hydroxylation sites is 1. The van der Waals surface area contributed by atoms with E-state index in [-0.39, 0.29) is 0 Å². The number of aryl methyl sites for hydroxylation is 2. The van der Waals surface area contributed by atoms with Crippen LogP contribution in [0.15, 0.2) is 40.8 Å². The molecule has 94 valence electrons. The van der Waals surface area contributed by atoms with Crippen molar-refractivity contribution in [2.24, 2.45) is 0 Å². The first kappa shape index (κ1) is 12.7. The summed E-state index contributed by atoms with van der Waals surface area (Å²) in [7, 11) is 0. The molecule has 1 heteroatoms. The van der Waals surface area contributed by atoms with Crippen molar-refractivity contribution >= 4 is 21.9 Å². The van der Waals surface area contributed by atoms with Gasteiger partial charge in [-0.05, 0) is 31.0 Å². The van der Waals surface area contributed by atoms with Gasteiger partial charge in [0.1, 0.15) is 11.2 Å². The first-order valence-electron chi connectivity index (χ1n) is 6.56. The summed E-state index contributed by atoms with van der Waals surface area (Å²) in [6, 6.07) is 12.5. The van der Waals surface area contributed by atoms with E-state index in [4.69, 9.17) is 4.42 Å². The number of hydrogen-bond acceptors (Lipinski definition) is 1. The van der Waals surface area contributed by atoms with Gasteiger partial charge >= 0.3 is 0 Å². The van der Waals surface area contributed by atoms with E-state index in [0.717, 1.165) is 11.2 Å². The Morgan fingerprint density at radius 1 is 0.889 bits per heavy atom. The van der Waals surface area contributed by atoms with Crippen LogP contribution in [-0.2, 0) is 0 Å². The molecule has 3 rings (SSSR count). The third-order valence-corrected chi connectivity index (χ3v) is 2.93. The highest BCUT2D eigenvalue weighted by atomic mass is 16.3. The van der Waals surface area contributed by atoms with Crippen LogP contribution < -0.4 is 0 Å². The minimum absolute atomic E-state index is 0.985. The lowest BCUT2D eigenvalue weighted by Crippen LogP contribution is -1.74. The monoisotopic (exact) mass is 240 g/mol. The van der Waals surface area contributed by atoms with Gasteiger partial charge in [-0.15, -0.1) is 0 Å². The van der Waals surface area contributed by atoms with Gasteiger partial charge in [-0.25, -0.2) is 0 Å². The second-order valence-electron chi connectivity index (χ2n) is 4.71. The molecule has 0 saturated carbocycles. The van der Waals surface area contributed by atoms with E-state index in [1.54, 1.807) is 0 Å². The Bertz CT molecular complexity index is 662. The lowest BCUT2D eigenvalue weighted by molar-refractivity contribution is 0.665. The summed E-state index contributed by atoms with van der Waals surface area (Å²) in [6.07, 6.45) is 1.25. The van der Waals surface area contributed by atoms with E-state index in [1.165, 1.54) is 28.3 Å². The molecule has 18 heavy (non-hydrogen) atoms. The second kappa shape index (κ2) is 5.26. The number of benzene rings is 2. The molecular formula is C17H20O. The van der Waals surface area contributed by atoms with Crippen LogP contribution in [0.4, 0.5) is 0 Å². The molecule has 0 amide bonds. The van der Waals surface area contributed by atoms with E-state index in [2.05, 4.69) is 52.0 Å². The Morgan fingerprint density at radius 2 is 1.50 bits per heavy atom. The Labute approximate surface area is 108 Å². The number of fused-ring (bicyclic) bond motifs is 3. The van der Waals surface area contributed by atoms with Gasteiger partial charge in [-0.2, -0.15) is 0 Å². The second-order valence-corrected chi connectivity index (χ2v) is 4.71. The smallest absolute Gasteiger partial charge is 0.138 e. The topological polar surface area (TPSA) is 13.1 Å². The minimum Gasteiger partial charge on any atom is -0.456 e. The standard InChI is InChI=1S/C14H12O.C3H8/c1-9-5-4-8-12-13(9)11-7-3-6-10(2)14(11)15-12;1-3-2/h3-8H,1-2H3;3H2,1-2H3. The SMILES string of the molecule is CCC.Cc1cccc2c1oc1cccc(C)c12. The van der Waals surface area contributed by atoms with Crippen LogP contribution in [0, 0.1) is 13.8 Å². The summed E-state index contributed by atoms with van der Waals surface area (Å²) in [4.78, 5) is 0. The van der Waals surface area contributed by atoms with Crippen molar-refractivity contribution < 1.29 is 4.42 Å². The fourth-order valence-electron chi connectivity index (χ4n) is 2.17. The van der Waals surface area contributed by atoms with E-state index in [0.29, 0.717) is 0 Å². The zero-order valence-electron chi connectivity index (χ0n) is 11.6. The molecule has 0 aliphatic rings. The van der Waals surface area contributed by atoms with Crippen LogP contribution in [0.25, 0.3) is 21.9 Å². The van der Waals surface area contributed by atoms with E-state index >= 15 is 0 Å². The van der Waals surface area contributed by atoms with Crippen LogP contribution in [0.5, 0.6) is 0 Å². The third-order valence-electron chi connectivity index (χ3n) is 2.93. The highest BCUT2D eigenvalue weighted by molar-refractivity contribution is 6.07. The Hall–Kier alpha value is -1.76. The molecule has 0 unspecified atom stereocenters. The highest BCUT2D eigenvalue weighted by Crippen LogP contribution is 2.32. The Morgan fingerprint density at radius 3 is 2.22 bits per heavy atom. The fourth-order valence-corrected chi connectivity index (χ4v) is 2.17. The zero-order valence-corrected chi connectivity index (χ0v) is 11.6. The molecule has 0 radical (unpaired) electrons. The molecule has 0 atom stereocenters. The highest BCUT2D eigenvalue weighted by Gasteiger charge is 2.09. The third kappa shape index (κ3) is 2.13. The Balaban J connectivity index is 0.000000367. The molecule has 0 N–H and O–H groups in total. The van der Waals surface area contributed by atoms with Gasteiger partial charge < -0.3 is 4.42 Å². The van der Waals surface area contributed by atoms with Gasteiger partial charge in [0, 0.05) is 10.8 Å². The summed E-state index contributed by atoms with van der Waals surface area (Å²) in [6.45, 7) is 8.46. The minimum atomic E-state index is 0.985. The van der Waals surface area contributed by atoms with Crippen molar-refractivity contribution in [3.05, 3.63) is 47.5 Å². The number of hydrogen-bond donors (Lipinski definition) is 0. The predicted molar refractivity (Wildman–Crippen MR) is 79.2 cm³/mol. The molecule has 1 aromatic heterocycles. The Kier molecular flexibility index (Phi) is 3.71. The normalized spacial score (nSPS) is 10.4. The summed E-state index contributed by atoms with van der Waals surface area (Å²) < 4.78 is 5.86. The molecule has 2 aromatic carbocycles. The summed E-state index contributed by atoms with van der Waals surface area (Å²) in [5.74, 6) is 0. The summed E-state index contributed by atoms with van der Waals surface area (Å²) in [5, 5.41) is 2.47. The van der Waals surface area contributed by atoms with E-state index < -0.39 is 0 Å². The van der Waals surface area contributed by atoms with Gasteiger partial charge in [-0.3, -0.25) is 0 Å². The first-order chi connectivity index (χ1) is 8.69. The molecule has 0 aliphatic heterocycles. The van der Waals surface area contributed by atoms with Crippen molar-refractivity contribution in [1.29, 1.82) is 0 Å². The zero-order chi connectivity index (χ0) is 13.1. The quantitative estimate of drug-likeness (QED) is 0.497. The fraction of sp³-hybridized carbons (Fsp3) is 0.294. The molecule has 0 saturated heterocycles. The summed E-state index contributed by atoms with van der Waals surface area (Å²) in [5.41, 5.74) is 4.47.